The van der Waals surface area contributed by atoms with Crippen LogP contribution in [0.1, 0.15) is 52.5 Å². The molecule has 190 valence electrons. The SMILES string of the molecule is CC(C)C[C@@H](C(=O)NN)[C@H](C(=O)NO)C(/C=C/c1ccccc1)(CC(C)C)C(=O)C1CCN1.Cl. The van der Waals surface area contributed by atoms with Crippen molar-refractivity contribution in [3.05, 3.63) is 42.0 Å². The minimum Gasteiger partial charge on any atom is -0.307 e. The van der Waals surface area contributed by atoms with E-state index in [2.05, 4.69) is 10.7 Å². The molecule has 1 heterocycles. The highest BCUT2D eigenvalue weighted by Gasteiger charge is 2.54. The highest BCUT2D eigenvalue weighted by Crippen LogP contribution is 2.45. The predicted molar refractivity (Wildman–Crippen MR) is 135 cm³/mol. The Bertz CT molecular complexity index is 843. The molecular weight excluding hydrogens is 456 g/mol. The van der Waals surface area contributed by atoms with Gasteiger partial charge in [-0.3, -0.25) is 25.0 Å². The maximum atomic E-state index is 14.0. The molecule has 1 aromatic rings. The van der Waals surface area contributed by atoms with Gasteiger partial charge in [-0.2, -0.15) is 0 Å². The van der Waals surface area contributed by atoms with Crippen molar-refractivity contribution in [3.63, 3.8) is 0 Å². The Morgan fingerprint density at radius 3 is 2.21 bits per heavy atom. The average molecular weight is 495 g/mol. The third-order valence-corrected chi connectivity index (χ3v) is 6.27. The molecule has 0 spiro atoms. The molecular formula is C25H39ClN4O4. The third-order valence-electron chi connectivity index (χ3n) is 6.27. The van der Waals surface area contributed by atoms with E-state index < -0.39 is 35.1 Å². The van der Waals surface area contributed by atoms with Gasteiger partial charge in [0.05, 0.1) is 23.3 Å². The summed E-state index contributed by atoms with van der Waals surface area (Å²) in [6.45, 7) is 8.53. The number of amides is 2. The monoisotopic (exact) mass is 494 g/mol. The number of benzene rings is 1. The molecule has 0 bridgehead atoms. The first-order chi connectivity index (χ1) is 15.7. The highest BCUT2D eigenvalue weighted by atomic mass is 35.5. The molecule has 1 fully saturated rings. The van der Waals surface area contributed by atoms with Crippen molar-refractivity contribution in [3.8, 4) is 0 Å². The average Bonchev–Trinajstić information content (AvgIpc) is 2.74. The second-order valence-corrected chi connectivity index (χ2v) is 9.74. The summed E-state index contributed by atoms with van der Waals surface area (Å²) in [6.07, 6.45) is 4.90. The van der Waals surface area contributed by atoms with Gasteiger partial charge in [-0.1, -0.05) is 70.2 Å². The van der Waals surface area contributed by atoms with Crippen LogP contribution in [0.4, 0.5) is 0 Å². The number of rotatable bonds is 12. The van der Waals surface area contributed by atoms with Gasteiger partial charge in [0.1, 0.15) is 0 Å². The normalized spacial score (nSPS) is 19.0. The van der Waals surface area contributed by atoms with Crippen molar-refractivity contribution in [2.75, 3.05) is 6.54 Å². The van der Waals surface area contributed by atoms with E-state index in [1.165, 1.54) is 0 Å². The van der Waals surface area contributed by atoms with Crippen molar-refractivity contribution in [2.24, 2.45) is 34.9 Å². The van der Waals surface area contributed by atoms with E-state index in [1.807, 2.05) is 64.1 Å². The summed E-state index contributed by atoms with van der Waals surface area (Å²) in [7, 11) is 0. The molecule has 34 heavy (non-hydrogen) atoms. The zero-order valence-corrected chi connectivity index (χ0v) is 21.2. The zero-order chi connectivity index (χ0) is 24.6. The largest absolute Gasteiger partial charge is 0.307 e. The van der Waals surface area contributed by atoms with Crippen molar-refractivity contribution in [1.82, 2.24) is 16.2 Å². The van der Waals surface area contributed by atoms with E-state index >= 15 is 0 Å². The molecule has 1 aliphatic heterocycles. The standard InChI is InChI=1S/C25H38N4O4.ClH/c1-16(2)14-19(23(31)28-26)21(24(32)29-33)25(15-17(3)4,22(30)20-11-13-27-20)12-10-18-8-6-5-7-9-18;/h5-10,12,16-17,19-21,27,33H,11,13-15,26H2,1-4H3,(H,28,31)(H,29,32);1H/b12-10+;/t19-,20?,21-,25?;/m1./s1. The summed E-state index contributed by atoms with van der Waals surface area (Å²) in [4.78, 5) is 40.2. The second-order valence-electron chi connectivity index (χ2n) is 9.74. The Labute approximate surface area is 208 Å². The number of Topliss-reactive ketones (excluding diaryl/α,β-unsaturated/α-hetero) is 1. The van der Waals surface area contributed by atoms with Crippen molar-refractivity contribution in [1.29, 1.82) is 0 Å². The van der Waals surface area contributed by atoms with Crippen LogP contribution >= 0.6 is 12.4 Å². The summed E-state index contributed by atoms with van der Waals surface area (Å²) in [5.74, 6) is 2.07. The number of hydrazine groups is 1. The van der Waals surface area contributed by atoms with Crippen LogP contribution in [-0.4, -0.2) is 35.4 Å². The lowest BCUT2D eigenvalue weighted by Gasteiger charge is -2.44. The quantitative estimate of drug-likeness (QED) is 0.131. The van der Waals surface area contributed by atoms with Crippen molar-refractivity contribution < 1.29 is 19.6 Å². The van der Waals surface area contributed by atoms with Crippen LogP contribution in [0, 0.1) is 29.1 Å². The highest BCUT2D eigenvalue weighted by molar-refractivity contribution is 5.99. The van der Waals surface area contributed by atoms with E-state index in [9.17, 15) is 19.6 Å². The summed E-state index contributed by atoms with van der Waals surface area (Å²) in [6, 6.07) is 9.07. The minimum atomic E-state index is -1.33. The maximum absolute atomic E-state index is 14.0. The molecule has 0 radical (unpaired) electrons. The number of nitrogens with two attached hydrogens (primary N) is 1. The Morgan fingerprint density at radius 2 is 1.76 bits per heavy atom. The molecule has 0 aliphatic carbocycles. The molecule has 8 nitrogen and oxygen atoms in total. The number of ketones is 1. The lowest BCUT2D eigenvalue weighted by molar-refractivity contribution is -0.152. The van der Waals surface area contributed by atoms with Gasteiger partial charge in [0.15, 0.2) is 5.78 Å². The van der Waals surface area contributed by atoms with Gasteiger partial charge in [0, 0.05) is 0 Å². The van der Waals surface area contributed by atoms with Gasteiger partial charge in [-0.05, 0) is 43.2 Å². The number of hydroxylamine groups is 1. The number of hydrogen-bond donors (Lipinski definition) is 5. The van der Waals surface area contributed by atoms with Gasteiger partial charge in [0.25, 0.3) is 0 Å². The maximum Gasteiger partial charge on any atom is 0.248 e. The van der Waals surface area contributed by atoms with Gasteiger partial charge in [-0.15, -0.1) is 12.4 Å². The summed E-state index contributed by atoms with van der Waals surface area (Å²) in [5.41, 5.74) is 3.45. The number of carbonyl (C=O) groups excluding carboxylic acids is 3. The van der Waals surface area contributed by atoms with E-state index in [0.717, 1.165) is 5.56 Å². The Kier molecular flexibility index (Phi) is 11.9. The first kappa shape index (κ1) is 29.8. The molecule has 9 heteroatoms. The lowest BCUT2D eigenvalue weighted by atomic mass is 9.59. The van der Waals surface area contributed by atoms with Crippen LogP contribution in [0.2, 0.25) is 0 Å². The van der Waals surface area contributed by atoms with Crippen LogP contribution < -0.4 is 22.1 Å². The number of allylic oxidation sites excluding steroid dienone is 1. The van der Waals surface area contributed by atoms with Crippen LogP contribution in [-0.2, 0) is 14.4 Å². The molecule has 2 amide bonds. The fourth-order valence-electron chi connectivity index (χ4n) is 4.81. The van der Waals surface area contributed by atoms with Crippen LogP contribution in [0.3, 0.4) is 0 Å². The van der Waals surface area contributed by atoms with Crippen LogP contribution in [0.5, 0.6) is 0 Å². The van der Waals surface area contributed by atoms with Crippen molar-refractivity contribution >= 4 is 36.1 Å². The van der Waals surface area contributed by atoms with E-state index in [-0.39, 0.29) is 30.0 Å². The smallest absolute Gasteiger partial charge is 0.248 e. The van der Waals surface area contributed by atoms with Gasteiger partial charge in [-0.25, -0.2) is 11.3 Å². The van der Waals surface area contributed by atoms with Gasteiger partial charge in [0.2, 0.25) is 11.8 Å². The summed E-state index contributed by atoms with van der Waals surface area (Å²) in [5, 5.41) is 12.9. The predicted octanol–water partition coefficient (Wildman–Crippen LogP) is 2.86. The Hall–Kier alpha value is -2.26. The summed E-state index contributed by atoms with van der Waals surface area (Å²) < 4.78 is 0. The van der Waals surface area contributed by atoms with Crippen LogP contribution in [0.25, 0.3) is 6.08 Å². The Morgan fingerprint density at radius 1 is 1.15 bits per heavy atom. The fourth-order valence-corrected chi connectivity index (χ4v) is 4.81. The van der Waals surface area contributed by atoms with E-state index in [1.54, 1.807) is 11.6 Å². The molecule has 6 N–H and O–H groups in total. The number of halogens is 1. The molecule has 1 saturated heterocycles. The number of hydrogen-bond acceptors (Lipinski definition) is 6. The molecule has 0 saturated carbocycles. The van der Waals surface area contributed by atoms with Crippen LogP contribution in [0.15, 0.2) is 36.4 Å². The topological polar surface area (TPSA) is 134 Å². The van der Waals surface area contributed by atoms with E-state index in [4.69, 9.17) is 5.84 Å². The fraction of sp³-hybridized carbons (Fsp3) is 0.560. The van der Waals surface area contributed by atoms with E-state index in [0.29, 0.717) is 25.8 Å². The second kappa shape index (κ2) is 13.6. The number of nitrogens with one attached hydrogen (secondary N) is 3. The Balaban J connectivity index is 0.00000578. The number of carbonyl (C=O) groups is 3. The first-order valence-corrected chi connectivity index (χ1v) is 11.6. The first-order valence-electron chi connectivity index (χ1n) is 11.6. The minimum absolute atomic E-state index is 0. The molecule has 2 unspecified atom stereocenters. The summed E-state index contributed by atoms with van der Waals surface area (Å²) >= 11 is 0. The molecule has 1 aliphatic rings. The third kappa shape index (κ3) is 7.12. The van der Waals surface area contributed by atoms with Gasteiger partial charge < -0.3 is 5.32 Å². The van der Waals surface area contributed by atoms with Gasteiger partial charge >= 0.3 is 0 Å². The molecule has 1 aromatic carbocycles. The zero-order valence-electron chi connectivity index (χ0n) is 20.4. The molecule has 0 aromatic heterocycles. The molecule has 2 rings (SSSR count). The lowest BCUT2D eigenvalue weighted by Crippen LogP contribution is -2.60. The molecule has 4 atom stereocenters. The van der Waals surface area contributed by atoms with Crippen molar-refractivity contribution in [2.45, 2.75) is 53.0 Å².